The van der Waals surface area contributed by atoms with Gasteiger partial charge in [0.1, 0.15) is 31.0 Å². The van der Waals surface area contributed by atoms with Crippen molar-refractivity contribution in [3.8, 4) is 0 Å². The van der Waals surface area contributed by atoms with Crippen LogP contribution in [0.25, 0.3) is 0 Å². The van der Waals surface area contributed by atoms with E-state index in [0.717, 1.165) is 0 Å². The monoisotopic (exact) mass is 302 g/mol. The van der Waals surface area contributed by atoms with Crippen molar-refractivity contribution in [1.29, 1.82) is 0 Å². The molecule has 0 aromatic carbocycles. The van der Waals surface area contributed by atoms with E-state index in [1.807, 2.05) is 27.7 Å². The summed E-state index contributed by atoms with van der Waals surface area (Å²) in [6.45, 7) is 8.78. The Morgan fingerprint density at radius 3 is 2.19 bits per heavy atom. The molecule has 0 unspecified atom stereocenters. The fourth-order valence-corrected chi connectivity index (χ4v) is 3.03. The third kappa shape index (κ3) is 2.93. The minimum atomic E-state index is -0.744. The highest BCUT2D eigenvalue weighted by atomic mass is 16.9. The molecule has 21 heavy (non-hydrogen) atoms. The van der Waals surface area contributed by atoms with E-state index < -0.39 is 24.0 Å². The summed E-state index contributed by atoms with van der Waals surface area (Å²) in [6, 6.07) is 0. The van der Waals surface area contributed by atoms with Crippen LogP contribution in [0.5, 0.6) is 0 Å². The van der Waals surface area contributed by atoms with Crippen LogP contribution in [-0.4, -0.2) is 54.9 Å². The largest absolute Gasteiger partial charge is 0.463 e. The van der Waals surface area contributed by atoms with Crippen LogP contribution in [-0.2, 0) is 33.2 Å². The highest BCUT2D eigenvalue weighted by Crippen LogP contribution is 2.44. The van der Waals surface area contributed by atoms with Gasteiger partial charge in [-0.15, -0.1) is 0 Å². The molecule has 7 nitrogen and oxygen atoms in total. The van der Waals surface area contributed by atoms with E-state index in [2.05, 4.69) is 0 Å². The van der Waals surface area contributed by atoms with Crippen LogP contribution < -0.4 is 0 Å². The predicted molar refractivity (Wildman–Crippen MR) is 69.2 cm³/mol. The van der Waals surface area contributed by atoms with Gasteiger partial charge in [-0.05, 0) is 27.7 Å². The third-order valence-electron chi connectivity index (χ3n) is 3.70. The summed E-state index contributed by atoms with van der Waals surface area (Å²) in [6.07, 6.45) is -2.04. The number of ether oxygens (including phenoxy) is 6. The fourth-order valence-electron chi connectivity index (χ4n) is 3.03. The van der Waals surface area contributed by atoms with E-state index in [4.69, 9.17) is 28.4 Å². The summed E-state index contributed by atoms with van der Waals surface area (Å²) in [4.78, 5) is 11.0. The summed E-state index contributed by atoms with van der Waals surface area (Å²) >= 11 is 0. The molecule has 0 radical (unpaired) electrons. The molecule has 3 aliphatic heterocycles. The Hall–Kier alpha value is -0.730. The molecule has 0 aromatic heterocycles. The minimum Gasteiger partial charge on any atom is -0.463 e. The summed E-state index contributed by atoms with van der Waals surface area (Å²) in [5.41, 5.74) is 0. The Balaban J connectivity index is 1.80. The first kappa shape index (κ1) is 15.2. The van der Waals surface area contributed by atoms with Crippen molar-refractivity contribution in [2.45, 2.75) is 76.9 Å². The zero-order valence-corrected chi connectivity index (χ0v) is 13.0. The topological polar surface area (TPSA) is 72.5 Å². The molecule has 0 saturated carbocycles. The van der Waals surface area contributed by atoms with Gasteiger partial charge in [-0.25, -0.2) is 0 Å². The molecule has 0 bridgehead atoms. The van der Waals surface area contributed by atoms with Crippen LogP contribution >= 0.6 is 0 Å². The second-order valence-corrected chi connectivity index (χ2v) is 6.51. The Labute approximate surface area is 123 Å². The standard InChI is InChI=1S/C14H22O7/c1-7(15)16-6-8-9-10(19-13(2,3)18-9)11-12(17-8)21-14(4,5)20-11/h8-12H,6H2,1-5H3/t8-,9-,10-,11+,12+/m0/s1. The number of hydrogen-bond acceptors (Lipinski definition) is 7. The van der Waals surface area contributed by atoms with Crippen LogP contribution in [0.3, 0.4) is 0 Å². The van der Waals surface area contributed by atoms with Crippen molar-refractivity contribution in [3.63, 3.8) is 0 Å². The van der Waals surface area contributed by atoms with Gasteiger partial charge in [0.05, 0.1) is 0 Å². The molecule has 0 spiro atoms. The van der Waals surface area contributed by atoms with Gasteiger partial charge in [0.25, 0.3) is 0 Å². The zero-order valence-electron chi connectivity index (χ0n) is 13.0. The molecule has 3 heterocycles. The number of carbonyl (C=O) groups excluding carboxylic acids is 1. The summed E-state index contributed by atoms with van der Waals surface area (Å²) in [5, 5.41) is 0. The summed E-state index contributed by atoms with van der Waals surface area (Å²) in [7, 11) is 0. The Kier molecular flexibility index (Phi) is 3.53. The van der Waals surface area contributed by atoms with Gasteiger partial charge in [-0.1, -0.05) is 0 Å². The normalized spacial score (nSPS) is 43.2. The highest BCUT2D eigenvalue weighted by molar-refractivity contribution is 5.65. The van der Waals surface area contributed by atoms with E-state index in [0.29, 0.717) is 0 Å². The average molecular weight is 302 g/mol. The first-order chi connectivity index (χ1) is 9.67. The third-order valence-corrected chi connectivity index (χ3v) is 3.70. The highest BCUT2D eigenvalue weighted by Gasteiger charge is 2.60. The zero-order chi connectivity index (χ0) is 15.4. The van der Waals surface area contributed by atoms with E-state index >= 15 is 0 Å². The lowest BCUT2D eigenvalue weighted by atomic mass is 9.99. The molecule has 7 heteroatoms. The van der Waals surface area contributed by atoms with Crippen molar-refractivity contribution in [2.75, 3.05) is 6.61 Å². The summed E-state index contributed by atoms with van der Waals surface area (Å²) in [5.74, 6) is -1.84. The Morgan fingerprint density at radius 2 is 1.52 bits per heavy atom. The van der Waals surface area contributed by atoms with Crippen molar-refractivity contribution in [1.82, 2.24) is 0 Å². The molecule has 3 fully saturated rings. The average Bonchev–Trinajstić information content (AvgIpc) is 2.80. The van der Waals surface area contributed by atoms with E-state index in [1.54, 1.807) is 0 Å². The maximum atomic E-state index is 11.0. The maximum Gasteiger partial charge on any atom is 0.302 e. The quantitative estimate of drug-likeness (QED) is 0.703. The van der Waals surface area contributed by atoms with Gasteiger partial charge in [0.2, 0.25) is 0 Å². The predicted octanol–water partition coefficient (Wildman–Crippen LogP) is 0.946. The van der Waals surface area contributed by atoms with Crippen LogP contribution in [0.4, 0.5) is 0 Å². The number of carbonyl (C=O) groups is 1. The maximum absolute atomic E-state index is 11.0. The van der Waals surface area contributed by atoms with Gasteiger partial charge in [0.15, 0.2) is 17.9 Å². The van der Waals surface area contributed by atoms with Crippen LogP contribution in [0.15, 0.2) is 0 Å². The van der Waals surface area contributed by atoms with Crippen LogP contribution in [0.2, 0.25) is 0 Å². The molecule has 0 aromatic rings. The number of fused-ring (bicyclic) bond motifs is 3. The van der Waals surface area contributed by atoms with Gasteiger partial charge in [0, 0.05) is 6.92 Å². The lowest BCUT2D eigenvalue weighted by Gasteiger charge is -2.36. The molecule has 3 saturated heterocycles. The smallest absolute Gasteiger partial charge is 0.302 e. The Bertz CT molecular complexity index is 433. The van der Waals surface area contributed by atoms with Crippen molar-refractivity contribution in [2.24, 2.45) is 0 Å². The number of rotatable bonds is 2. The first-order valence-corrected chi connectivity index (χ1v) is 7.17. The molecule has 3 rings (SSSR count). The second-order valence-electron chi connectivity index (χ2n) is 6.51. The van der Waals surface area contributed by atoms with Crippen LogP contribution in [0.1, 0.15) is 34.6 Å². The molecule has 3 aliphatic rings. The van der Waals surface area contributed by atoms with Gasteiger partial charge in [-0.3, -0.25) is 4.79 Å². The van der Waals surface area contributed by atoms with Crippen molar-refractivity contribution in [3.05, 3.63) is 0 Å². The van der Waals surface area contributed by atoms with E-state index in [1.165, 1.54) is 6.92 Å². The summed E-state index contributed by atoms with van der Waals surface area (Å²) < 4.78 is 34.4. The lowest BCUT2D eigenvalue weighted by molar-refractivity contribution is -0.242. The van der Waals surface area contributed by atoms with Crippen molar-refractivity contribution < 1.29 is 33.2 Å². The number of hydrogen-bond donors (Lipinski definition) is 0. The first-order valence-electron chi connectivity index (χ1n) is 7.17. The second kappa shape index (κ2) is 4.89. The van der Waals surface area contributed by atoms with Gasteiger partial charge in [-0.2, -0.15) is 0 Å². The van der Waals surface area contributed by atoms with E-state index in [9.17, 15) is 4.79 Å². The van der Waals surface area contributed by atoms with Gasteiger partial charge >= 0.3 is 5.97 Å². The van der Waals surface area contributed by atoms with Crippen LogP contribution in [0, 0.1) is 0 Å². The fraction of sp³-hybridized carbons (Fsp3) is 0.929. The minimum absolute atomic E-state index is 0.100. The van der Waals surface area contributed by atoms with E-state index in [-0.39, 0.29) is 30.9 Å². The lowest BCUT2D eigenvalue weighted by Crippen LogP contribution is -2.56. The molecule has 0 N–H and O–H groups in total. The molecule has 5 atom stereocenters. The molecule has 0 aliphatic carbocycles. The number of esters is 1. The molecule has 0 amide bonds. The Morgan fingerprint density at radius 1 is 0.952 bits per heavy atom. The SMILES string of the molecule is CC(=O)OC[C@@H]1O[C@@H]2OC(C)(C)O[C@@H]2[C@H]2OC(C)(C)O[C@H]21. The van der Waals surface area contributed by atoms with Crippen molar-refractivity contribution >= 4 is 5.97 Å². The molecule has 120 valence electrons. The molecular weight excluding hydrogens is 280 g/mol. The van der Waals surface area contributed by atoms with Gasteiger partial charge < -0.3 is 28.4 Å². The molecular formula is C14H22O7.